The summed E-state index contributed by atoms with van der Waals surface area (Å²) in [7, 11) is 7.66. The van der Waals surface area contributed by atoms with Gasteiger partial charge in [0.05, 0.1) is 29.7 Å². The molecular weight excluding hydrogens is 624 g/mol. The second-order valence-electron chi connectivity index (χ2n) is 16.2. The van der Waals surface area contributed by atoms with Gasteiger partial charge in [-0.1, -0.05) is 39.0 Å². The molecule has 4 aliphatic carbocycles. The number of carboxylic acid groups (broad SMARTS) is 1. The Morgan fingerprint density at radius 1 is 1.10 bits per heavy atom. The number of aliphatic hydroxyl groups is 2. The van der Waals surface area contributed by atoms with E-state index < -0.39 is 29.1 Å². The van der Waals surface area contributed by atoms with Crippen LogP contribution in [-0.2, 0) is 16.2 Å². The molecule has 1 unspecified atom stereocenters. The summed E-state index contributed by atoms with van der Waals surface area (Å²) in [5.41, 5.74) is 1.16. The molecule has 1 amide bonds. The Morgan fingerprint density at radius 3 is 2.39 bits per heavy atom. The minimum atomic E-state index is -1.19. The predicted octanol–water partition coefficient (Wildman–Crippen LogP) is 3.86. The van der Waals surface area contributed by atoms with Crippen LogP contribution in [-0.4, -0.2) is 109 Å². The fraction of sp³-hybridized carbons (Fsp3) is 0.632. The first kappa shape index (κ1) is 35.6. The van der Waals surface area contributed by atoms with E-state index in [0.29, 0.717) is 54.2 Å². The van der Waals surface area contributed by atoms with Gasteiger partial charge in [-0.15, -0.1) is 0 Å². The molecule has 4 N–H and O–H groups in total. The topological polar surface area (TPSA) is 135 Å². The number of aliphatic hydroxyl groups excluding tert-OH is 1. The molecule has 1 aliphatic heterocycles. The third-order valence-electron chi connectivity index (χ3n) is 12.4. The summed E-state index contributed by atoms with van der Waals surface area (Å²) in [6, 6.07) is 10.1. The highest BCUT2D eigenvalue weighted by molar-refractivity contribution is 5.92. The Bertz CT molecular complexity index is 1590. The minimum Gasteiger partial charge on any atom is -0.491 e. The lowest BCUT2D eigenvalue weighted by Crippen LogP contribution is -2.62. The van der Waals surface area contributed by atoms with Crippen molar-refractivity contribution in [2.24, 2.45) is 28.6 Å². The van der Waals surface area contributed by atoms with Crippen LogP contribution in [0.25, 0.3) is 11.1 Å². The van der Waals surface area contributed by atoms with Crippen molar-refractivity contribution < 1.29 is 34.5 Å². The first-order chi connectivity index (χ1) is 23.0. The van der Waals surface area contributed by atoms with Crippen LogP contribution in [0.5, 0.6) is 5.75 Å². The Morgan fingerprint density at radius 2 is 1.82 bits per heavy atom. The van der Waals surface area contributed by atoms with Crippen LogP contribution in [0.2, 0.25) is 0 Å². The summed E-state index contributed by atoms with van der Waals surface area (Å²) in [5, 5.41) is 36.9. The Labute approximate surface area is 290 Å². The highest BCUT2D eigenvalue weighted by atomic mass is 16.7. The molecule has 11 nitrogen and oxygen atoms in total. The molecule has 49 heavy (non-hydrogen) atoms. The molecule has 1 spiro atoms. The van der Waals surface area contributed by atoms with E-state index in [1.807, 2.05) is 62.3 Å². The fourth-order valence-corrected chi connectivity index (χ4v) is 9.17. The van der Waals surface area contributed by atoms with E-state index in [1.54, 1.807) is 24.1 Å². The number of nitrogens with one attached hydrogen (secondary N) is 1. The number of ether oxygens (including phenoxy) is 1. The van der Waals surface area contributed by atoms with E-state index >= 15 is 0 Å². The standard InChI is InChI=1S/C38H54N4O7/c1-22-29-17-26(36(29,2)3)18-30(22)39-34(44)33-38(21-37(38,4)47)31(20-43)49-42(33)19-23-10-9-11-28(32(23)48-13-12-40(5)6)24-14-25(35(45)46)16-27(15-24)41(7)8/h9-11,14-16,22,26,29-31,33,43,47H,12-13,17-21H2,1-8H3,(H,39,44)(H,45,46)/t22-,26+,29-,30-,31-,33+,37?,38+/m0/s1. The van der Waals surface area contributed by atoms with Crippen LogP contribution < -0.4 is 15.0 Å². The normalized spacial score (nSPS) is 33.0. The zero-order valence-electron chi connectivity index (χ0n) is 30.2. The lowest BCUT2D eigenvalue weighted by atomic mass is 9.45. The molecule has 7 rings (SSSR count). The van der Waals surface area contributed by atoms with Crippen LogP contribution >= 0.6 is 0 Å². The van der Waals surface area contributed by atoms with Gasteiger partial charge in [0.15, 0.2) is 0 Å². The van der Waals surface area contributed by atoms with Crippen molar-refractivity contribution in [3.05, 3.63) is 47.5 Å². The lowest BCUT2D eigenvalue weighted by molar-refractivity contribution is -0.183. The first-order valence-electron chi connectivity index (χ1n) is 17.5. The smallest absolute Gasteiger partial charge is 0.335 e. The van der Waals surface area contributed by atoms with Gasteiger partial charge in [0.25, 0.3) is 0 Å². The van der Waals surface area contributed by atoms with Gasteiger partial charge in [-0.3, -0.25) is 9.63 Å². The molecule has 2 aromatic rings. The molecule has 1 saturated heterocycles. The van der Waals surface area contributed by atoms with E-state index in [9.17, 15) is 24.9 Å². The largest absolute Gasteiger partial charge is 0.491 e. The van der Waals surface area contributed by atoms with E-state index in [1.165, 1.54) is 6.42 Å². The summed E-state index contributed by atoms with van der Waals surface area (Å²) < 4.78 is 6.49. The number of amides is 1. The third-order valence-corrected chi connectivity index (χ3v) is 12.4. The van der Waals surface area contributed by atoms with Crippen LogP contribution in [0, 0.1) is 28.6 Å². The van der Waals surface area contributed by atoms with Crippen LogP contribution in [0.4, 0.5) is 5.69 Å². The molecule has 4 saturated carbocycles. The maximum Gasteiger partial charge on any atom is 0.335 e. The number of rotatable bonds is 12. The van der Waals surface area contributed by atoms with E-state index in [4.69, 9.17) is 9.57 Å². The zero-order valence-corrected chi connectivity index (χ0v) is 30.2. The fourth-order valence-electron chi connectivity index (χ4n) is 9.17. The molecule has 11 heteroatoms. The van der Waals surface area contributed by atoms with Crippen LogP contribution in [0.3, 0.4) is 0 Å². The lowest BCUT2D eigenvalue weighted by Gasteiger charge is -2.62. The maximum atomic E-state index is 14.4. The summed E-state index contributed by atoms with van der Waals surface area (Å²) in [4.78, 5) is 36.9. The third kappa shape index (κ3) is 6.11. The van der Waals surface area contributed by atoms with Gasteiger partial charge >= 0.3 is 5.97 Å². The average molecular weight is 679 g/mol. The Balaban J connectivity index is 1.36. The highest BCUT2D eigenvalue weighted by Gasteiger charge is 2.78. The molecule has 8 atom stereocenters. The second kappa shape index (κ2) is 12.8. The molecule has 2 aromatic carbocycles. The second-order valence-corrected chi connectivity index (χ2v) is 16.2. The average Bonchev–Trinajstić information content (AvgIpc) is 3.46. The number of hydrogen-bond acceptors (Lipinski definition) is 9. The number of fused-ring (bicyclic) bond motifs is 2. The highest BCUT2D eigenvalue weighted by Crippen LogP contribution is 2.66. The number of para-hydroxylation sites is 1. The van der Waals surface area contributed by atoms with Crippen molar-refractivity contribution in [1.29, 1.82) is 0 Å². The van der Waals surface area contributed by atoms with Gasteiger partial charge in [0.2, 0.25) is 5.91 Å². The number of carbonyl (C=O) groups is 2. The van der Waals surface area contributed by atoms with Gasteiger partial charge in [-0.25, -0.2) is 4.79 Å². The Hall–Kier alpha value is -3.22. The predicted molar refractivity (Wildman–Crippen MR) is 187 cm³/mol. The van der Waals surface area contributed by atoms with Crippen molar-refractivity contribution in [2.45, 2.75) is 77.3 Å². The quantitative estimate of drug-likeness (QED) is 0.262. The van der Waals surface area contributed by atoms with Crippen molar-refractivity contribution in [3.8, 4) is 16.9 Å². The number of benzene rings is 2. The van der Waals surface area contributed by atoms with Gasteiger partial charge in [0, 0.05) is 43.5 Å². The number of nitrogens with zero attached hydrogens (tertiary/aromatic N) is 3. The molecule has 5 aliphatic rings. The van der Waals surface area contributed by atoms with E-state index in [0.717, 1.165) is 17.7 Å². The van der Waals surface area contributed by atoms with Gasteiger partial charge in [-0.05, 0) is 87.2 Å². The van der Waals surface area contributed by atoms with Crippen molar-refractivity contribution >= 4 is 17.6 Å². The minimum absolute atomic E-state index is 0.0284. The van der Waals surface area contributed by atoms with E-state index in [2.05, 4.69) is 26.1 Å². The van der Waals surface area contributed by atoms with E-state index in [-0.39, 0.29) is 36.1 Å². The van der Waals surface area contributed by atoms with Crippen molar-refractivity contribution in [1.82, 2.24) is 15.3 Å². The number of carbonyl (C=O) groups excluding carboxylic acids is 1. The summed E-state index contributed by atoms with van der Waals surface area (Å²) in [6.07, 6.45) is 1.70. The molecule has 0 radical (unpaired) electrons. The molecular formula is C38H54N4O7. The molecule has 268 valence electrons. The summed E-state index contributed by atoms with van der Waals surface area (Å²) in [5.74, 6) is 0.780. The van der Waals surface area contributed by atoms with Gasteiger partial charge in [0.1, 0.15) is 24.5 Å². The van der Waals surface area contributed by atoms with Crippen LogP contribution in [0.1, 0.15) is 62.9 Å². The zero-order chi connectivity index (χ0) is 35.6. The monoisotopic (exact) mass is 678 g/mol. The first-order valence-corrected chi connectivity index (χ1v) is 17.5. The van der Waals surface area contributed by atoms with Gasteiger partial charge < -0.3 is 35.2 Å². The Kier molecular flexibility index (Phi) is 9.32. The summed E-state index contributed by atoms with van der Waals surface area (Å²) >= 11 is 0. The molecule has 5 fully saturated rings. The van der Waals surface area contributed by atoms with Crippen molar-refractivity contribution in [3.63, 3.8) is 0 Å². The number of hydroxylamine groups is 2. The molecule has 1 heterocycles. The SMILES string of the molecule is C[C@@H]1[C@@H](NC(=O)[C@H]2N(Cc3cccc(-c4cc(C(=O)O)cc(N(C)C)c4)c3OCCN(C)C)O[C@@H](CO)[C@]23CC3(C)O)C[C@H]2C[C@@H]1C2(C)C. The molecule has 0 aromatic heterocycles. The van der Waals surface area contributed by atoms with Crippen molar-refractivity contribution in [2.75, 3.05) is 52.8 Å². The number of likely N-dealkylation sites (N-methyl/N-ethyl adjacent to an activating group) is 1. The number of aromatic carboxylic acids is 1. The number of carboxylic acids is 1. The summed E-state index contributed by atoms with van der Waals surface area (Å²) in [6.45, 7) is 9.45. The van der Waals surface area contributed by atoms with Gasteiger partial charge in [-0.2, -0.15) is 5.06 Å². The van der Waals surface area contributed by atoms with Crippen LogP contribution in [0.15, 0.2) is 36.4 Å². The number of anilines is 1. The maximum absolute atomic E-state index is 14.4. The molecule has 2 bridgehead atoms. The number of hydrogen-bond donors (Lipinski definition) is 4.